The molecule has 1 unspecified atom stereocenters. The lowest BCUT2D eigenvalue weighted by atomic mass is 10.0. The number of rotatable bonds is 2. The van der Waals surface area contributed by atoms with Gasteiger partial charge in [0.25, 0.3) is 5.91 Å². The molecular formula is C10H15F3N4O. The van der Waals surface area contributed by atoms with Gasteiger partial charge in [-0.2, -0.15) is 18.3 Å². The van der Waals surface area contributed by atoms with Gasteiger partial charge in [-0.25, -0.2) is 0 Å². The number of carbonyl (C=O) groups is 1. The number of nitrogens with one attached hydrogen (secondary N) is 1. The molecule has 5 nitrogen and oxygen atoms in total. The van der Waals surface area contributed by atoms with E-state index in [4.69, 9.17) is 5.73 Å². The maximum Gasteiger partial charge on any atom is 0.415 e. The first-order chi connectivity index (χ1) is 7.98. The first-order valence-corrected chi connectivity index (χ1v) is 5.15. The predicted molar refractivity (Wildman–Crippen MR) is 60.0 cm³/mol. The Morgan fingerprint density at radius 2 is 1.89 bits per heavy atom. The number of aryl methyl sites for hydroxylation is 2. The molecule has 1 heterocycles. The van der Waals surface area contributed by atoms with Crippen molar-refractivity contribution in [2.75, 3.05) is 5.32 Å². The minimum absolute atomic E-state index is 0.253. The maximum absolute atomic E-state index is 12.6. The van der Waals surface area contributed by atoms with E-state index in [1.807, 2.05) is 0 Å². The fourth-order valence-corrected chi connectivity index (χ4v) is 1.33. The molecule has 0 bridgehead atoms. The van der Waals surface area contributed by atoms with Crippen molar-refractivity contribution in [1.82, 2.24) is 9.78 Å². The second kappa shape index (κ2) is 4.27. The summed E-state index contributed by atoms with van der Waals surface area (Å²) in [7, 11) is 1.63. The van der Waals surface area contributed by atoms with Gasteiger partial charge < -0.3 is 11.1 Å². The summed E-state index contributed by atoms with van der Waals surface area (Å²) in [4.78, 5) is 11.6. The highest BCUT2D eigenvalue weighted by Gasteiger charge is 2.54. The van der Waals surface area contributed by atoms with Crippen molar-refractivity contribution in [3.05, 3.63) is 11.4 Å². The number of aromatic nitrogens is 2. The van der Waals surface area contributed by atoms with Crippen molar-refractivity contribution in [3.63, 3.8) is 0 Å². The van der Waals surface area contributed by atoms with Crippen LogP contribution < -0.4 is 11.1 Å². The van der Waals surface area contributed by atoms with E-state index in [1.165, 1.54) is 4.68 Å². The Morgan fingerprint density at radius 3 is 2.22 bits per heavy atom. The number of nitrogens with two attached hydrogens (primary N) is 1. The monoisotopic (exact) mass is 264 g/mol. The number of hydrogen-bond donors (Lipinski definition) is 2. The van der Waals surface area contributed by atoms with Crippen LogP contribution in [0, 0.1) is 13.8 Å². The van der Waals surface area contributed by atoms with E-state index in [-0.39, 0.29) is 5.69 Å². The van der Waals surface area contributed by atoms with E-state index >= 15 is 0 Å². The topological polar surface area (TPSA) is 72.9 Å². The molecule has 0 aromatic carbocycles. The number of anilines is 1. The van der Waals surface area contributed by atoms with Crippen LogP contribution >= 0.6 is 0 Å². The van der Waals surface area contributed by atoms with Crippen molar-refractivity contribution in [1.29, 1.82) is 0 Å². The highest BCUT2D eigenvalue weighted by atomic mass is 19.4. The zero-order valence-electron chi connectivity index (χ0n) is 10.5. The standard InChI is InChI=1S/C10H15F3N4O/c1-5-7(6(2)17(4)16-5)15-8(18)9(3,14)10(11,12)13/h14H2,1-4H3,(H,15,18). The normalized spacial score (nSPS) is 15.3. The van der Waals surface area contributed by atoms with Gasteiger partial charge in [0.05, 0.1) is 17.1 Å². The van der Waals surface area contributed by atoms with Crippen LogP contribution in [-0.2, 0) is 11.8 Å². The zero-order valence-corrected chi connectivity index (χ0v) is 10.5. The fraction of sp³-hybridized carbons (Fsp3) is 0.600. The van der Waals surface area contributed by atoms with Gasteiger partial charge >= 0.3 is 6.18 Å². The van der Waals surface area contributed by atoms with Crippen molar-refractivity contribution < 1.29 is 18.0 Å². The van der Waals surface area contributed by atoms with Gasteiger partial charge in [0.1, 0.15) is 0 Å². The molecule has 3 N–H and O–H groups in total. The summed E-state index contributed by atoms with van der Waals surface area (Å²) < 4.78 is 39.2. The van der Waals surface area contributed by atoms with Gasteiger partial charge in [-0.05, 0) is 20.8 Å². The summed E-state index contributed by atoms with van der Waals surface area (Å²) in [5.41, 5.74) is 3.32. The summed E-state index contributed by atoms with van der Waals surface area (Å²) in [6.45, 7) is 3.85. The summed E-state index contributed by atoms with van der Waals surface area (Å²) in [6.07, 6.45) is -4.82. The summed E-state index contributed by atoms with van der Waals surface area (Å²) in [5.74, 6) is -1.31. The highest BCUT2D eigenvalue weighted by molar-refractivity contribution is 5.99. The first-order valence-electron chi connectivity index (χ1n) is 5.15. The van der Waals surface area contributed by atoms with E-state index in [0.29, 0.717) is 18.3 Å². The maximum atomic E-state index is 12.6. The average molecular weight is 264 g/mol. The molecule has 102 valence electrons. The van der Waals surface area contributed by atoms with Crippen molar-refractivity contribution in [3.8, 4) is 0 Å². The zero-order chi connectivity index (χ0) is 14.3. The summed E-state index contributed by atoms with van der Waals surface area (Å²) in [5, 5.41) is 6.17. The largest absolute Gasteiger partial charge is 0.415 e. The molecule has 0 aliphatic heterocycles. The van der Waals surface area contributed by atoms with Gasteiger partial charge in [-0.1, -0.05) is 0 Å². The van der Waals surface area contributed by atoms with Crippen molar-refractivity contribution in [2.24, 2.45) is 12.8 Å². The van der Waals surface area contributed by atoms with Gasteiger partial charge in [0, 0.05) is 7.05 Å². The number of hydrogen-bond acceptors (Lipinski definition) is 3. The lowest BCUT2D eigenvalue weighted by Gasteiger charge is -2.26. The molecule has 1 aromatic rings. The average Bonchev–Trinajstić information content (AvgIpc) is 2.43. The number of amides is 1. The van der Waals surface area contributed by atoms with Gasteiger partial charge in [0.2, 0.25) is 0 Å². The number of nitrogens with zero attached hydrogens (tertiary/aromatic N) is 2. The van der Waals surface area contributed by atoms with E-state index in [9.17, 15) is 18.0 Å². The van der Waals surface area contributed by atoms with Crippen LogP contribution in [0.1, 0.15) is 18.3 Å². The van der Waals surface area contributed by atoms with Crippen LogP contribution in [0.2, 0.25) is 0 Å². The third-order valence-electron chi connectivity index (χ3n) is 2.81. The third-order valence-corrected chi connectivity index (χ3v) is 2.81. The molecular weight excluding hydrogens is 249 g/mol. The number of alkyl halides is 3. The van der Waals surface area contributed by atoms with Crippen LogP contribution in [0.4, 0.5) is 18.9 Å². The van der Waals surface area contributed by atoms with Crippen LogP contribution in [0.25, 0.3) is 0 Å². The van der Waals surface area contributed by atoms with Crippen molar-refractivity contribution in [2.45, 2.75) is 32.5 Å². The predicted octanol–water partition coefficient (Wildman–Crippen LogP) is 1.26. The molecule has 1 rings (SSSR count). The molecule has 0 aliphatic carbocycles. The Morgan fingerprint density at radius 1 is 1.39 bits per heavy atom. The second-order valence-corrected chi connectivity index (χ2v) is 4.32. The molecule has 1 amide bonds. The second-order valence-electron chi connectivity index (χ2n) is 4.32. The molecule has 8 heteroatoms. The lowest BCUT2D eigenvalue weighted by molar-refractivity contribution is -0.184. The van der Waals surface area contributed by atoms with Gasteiger partial charge in [-0.15, -0.1) is 0 Å². The first kappa shape index (κ1) is 14.5. The number of halogens is 3. The van der Waals surface area contributed by atoms with Gasteiger partial charge in [0.15, 0.2) is 5.54 Å². The Hall–Kier alpha value is -1.57. The molecule has 0 radical (unpaired) electrons. The molecule has 0 fully saturated rings. The Balaban J connectivity index is 3.02. The smallest absolute Gasteiger partial charge is 0.321 e. The van der Waals surface area contributed by atoms with E-state index in [0.717, 1.165) is 0 Å². The van der Waals surface area contributed by atoms with Crippen molar-refractivity contribution >= 4 is 11.6 Å². The molecule has 18 heavy (non-hydrogen) atoms. The van der Waals surface area contributed by atoms with E-state index in [1.54, 1.807) is 20.9 Å². The Bertz CT molecular complexity index is 476. The van der Waals surface area contributed by atoms with Gasteiger partial charge in [-0.3, -0.25) is 9.48 Å². The summed E-state index contributed by atoms with van der Waals surface area (Å²) in [6, 6.07) is 0. The Labute approximate surface area is 102 Å². The van der Waals surface area contributed by atoms with Crippen LogP contribution in [0.3, 0.4) is 0 Å². The molecule has 0 saturated carbocycles. The quantitative estimate of drug-likeness (QED) is 0.844. The van der Waals surface area contributed by atoms with E-state index in [2.05, 4.69) is 10.4 Å². The molecule has 1 aromatic heterocycles. The van der Waals surface area contributed by atoms with E-state index < -0.39 is 17.6 Å². The lowest BCUT2D eigenvalue weighted by Crippen LogP contribution is -2.59. The van der Waals surface area contributed by atoms with Crippen LogP contribution in [0.15, 0.2) is 0 Å². The van der Waals surface area contributed by atoms with Crippen LogP contribution in [0.5, 0.6) is 0 Å². The van der Waals surface area contributed by atoms with Crippen LogP contribution in [-0.4, -0.2) is 27.4 Å². The molecule has 0 spiro atoms. The summed E-state index contributed by atoms with van der Waals surface area (Å²) >= 11 is 0. The third kappa shape index (κ3) is 2.33. The minimum Gasteiger partial charge on any atom is -0.321 e. The SMILES string of the molecule is Cc1nn(C)c(C)c1NC(=O)C(C)(N)C(F)(F)F. The molecule has 1 atom stereocenters. The fourth-order valence-electron chi connectivity index (χ4n) is 1.33. The number of carbonyl (C=O) groups excluding carboxylic acids is 1. The highest BCUT2D eigenvalue weighted by Crippen LogP contribution is 2.30. The molecule has 0 saturated heterocycles. The minimum atomic E-state index is -4.82. The Kier molecular flexibility index (Phi) is 3.44. The molecule has 0 aliphatic rings.